The van der Waals surface area contributed by atoms with Crippen LogP contribution in [0.2, 0.25) is 0 Å². The number of nitrogens with zero attached hydrogens (tertiary/aromatic N) is 1. The van der Waals surface area contributed by atoms with Crippen molar-refractivity contribution in [1.29, 1.82) is 0 Å². The number of benzene rings is 1. The predicted molar refractivity (Wildman–Crippen MR) is 52.5 cm³/mol. The average molecular weight is 167 g/mol. The van der Waals surface area contributed by atoms with Crippen LogP contribution in [0.1, 0.15) is 11.1 Å². The van der Waals surface area contributed by atoms with Gasteiger partial charge in [0.25, 0.3) is 0 Å². The summed E-state index contributed by atoms with van der Waals surface area (Å²) >= 11 is 0. The molecule has 1 aliphatic carbocycles. The van der Waals surface area contributed by atoms with E-state index < -0.39 is 0 Å². The third-order valence-electron chi connectivity index (χ3n) is 1.37. The van der Waals surface area contributed by atoms with Crippen LogP contribution >= 0.6 is 0 Å². The molecule has 0 aromatic heterocycles. The van der Waals surface area contributed by atoms with Gasteiger partial charge in [0, 0.05) is 0 Å². The number of hydrogen-bond donors (Lipinski definition) is 0. The summed E-state index contributed by atoms with van der Waals surface area (Å²) in [5.41, 5.74) is 3.06. The van der Waals surface area contributed by atoms with Gasteiger partial charge in [-0.25, -0.2) is 0 Å². The van der Waals surface area contributed by atoms with Crippen molar-refractivity contribution in [1.82, 2.24) is 4.90 Å². The van der Waals surface area contributed by atoms with E-state index in [0.717, 1.165) is 0 Å². The molecule has 0 spiro atoms. The van der Waals surface area contributed by atoms with E-state index in [1.165, 1.54) is 17.5 Å². The van der Waals surface area contributed by atoms with Crippen molar-refractivity contribution in [3.8, 4) is 0 Å². The Balaban J connectivity index is 0.000000217. The highest BCUT2D eigenvalue weighted by atomic mass is 16.0. The number of rotatable bonds is 0. The van der Waals surface area contributed by atoms with Crippen LogP contribution < -0.4 is 0 Å². The Morgan fingerprint density at radius 2 is 1.33 bits per heavy atom. The number of hydrogen-bond acceptors (Lipinski definition) is 1. The summed E-state index contributed by atoms with van der Waals surface area (Å²) in [6.07, 6.45) is 1.24. The van der Waals surface area contributed by atoms with Gasteiger partial charge in [-0.3, -0.25) is 0 Å². The van der Waals surface area contributed by atoms with Gasteiger partial charge in [0.2, 0.25) is 0 Å². The van der Waals surface area contributed by atoms with Crippen LogP contribution in [0.15, 0.2) is 24.3 Å². The minimum absolute atomic E-state index is 0. The van der Waals surface area contributed by atoms with Crippen LogP contribution in [-0.2, 0) is 6.42 Å². The highest BCUT2D eigenvalue weighted by Gasteiger charge is 2.12. The van der Waals surface area contributed by atoms with Crippen molar-refractivity contribution in [2.75, 3.05) is 21.1 Å². The van der Waals surface area contributed by atoms with E-state index in [2.05, 4.69) is 24.3 Å². The Kier molecular flexibility index (Phi) is 4.55. The summed E-state index contributed by atoms with van der Waals surface area (Å²) in [5, 5.41) is 0. The number of fused-ring (bicyclic) bond motifs is 1. The summed E-state index contributed by atoms with van der Waals surface area (Å²) in [5.74, 6) is 0. The van der Waals surface area contributed by atoms with Gasteiger partial charge in [0.1, 0.15) is 0 Å². The zero-order chi connectivity index (χ0) is 8.27. The van der Waals surface area contributed by atoms with Gasteiger partial charge in [-0.15, -0.1) is 0 Å². The normalized spacial score (nSPS) is 10.7. The molecule has 2 rings (SSSR count). The fourth-order valence-electron chi connectivity index (χ4n) is 0.836. The van der Waals surface area contributed by atoms with Gasteiger partial charge in [0.15, 0.2) is 0 Å². The maximum atomic E-state index is 2.18. The molecule has 2 nitrogen and oxygen atoms in total. The second-order valence-corrected chi connectivity index (χ2v) is 3.29. The first kappa shape index (κ1) is 11.1. The van der Waals surface area contributed by atoms with Crippen molar-refractivity contribution in [2.24, 2.45) is 0 Å². The molecule has 0 amide bonds. The fourth-order valence-corrected chi connectivity index (χ4v) is 0.836. The maximum absolute atomic E-state index is 2.18. The molecule has 2 N–H and O–H groups in total. The van der Waals surface area contributed by atoms with Crippen LogP contribution in [0.25, 0.3) is 0 Å². The largest absolute Gasteiger partial charge is 0.412 e. The lowest BCUT2D eigenvalue weighted by Crippen LogP contribution is -1.99. The van der Waals surface area contributed by atoms with Crippen LogP contribution in [-0.4, -0.2) is 31.5 Å². The third-order valence-corrected chi connectivity index (χ3v) is 1.37. The molecule has 2 heteroatoms. The highest BCUT2D eigenvalue weighted by Crippen LogP contribution is 2.25. The molecule has 0 aliphatic heterocycles. The molecule has 0 heterocycles. The van der Waals surface area contributed by atoms with Crippen LogP contribution in [0, 0.1) is 0 Å². The Bertz CT molecular complexity index is 209. The van der Waals surface area contributed by atoms with Gasteiger partial charge < -0.3 is 10.4 Å². The lowest BCUT2D eigenvalue weighted by Gasteiger charge is -1.90. The van der Waals surface area contributed by atoms with E-state index in [1.807, 2.05) is 26.0 Å². The second kappa shape index (κ2) is 4.91. The van der Waals surface area contributed by atoms with Gasteiger partial charge in [-0.2, -0.15) is 0 Å². The van der Waals surface area contributed by atoms with E-state index in [0.29, 0.717) is 0 Å². The first-order valence-corrected chi connectivity index (χ1v) is 3.88. The van der Waals surface area contributed by atoms with Crippen molar-refractivity contribution in [3.05, 3.63) is 35.4 Å². The molecule has 0 bridgehead atoms. The second-order valence-electron chi connectivity index (χ2n) is 3.29. The maximum Gasteiger partial charge on any atom is -0.00201 e. The third kappa shape index (κ3) is 4.11. The molecule has 1 aromatic carbocycles. The SMILES string of the molecule is CN(C)C.O.c1ccc2c(c1)C2. The van der Waals surface area contributed by atoms with Crippen molar-refractivity contribution >= 4 is 0 Å². The lowest BCUT2D eigenvalue weighted by atomic mass is 10.4. The molecule has 0 unspecified atom stereocenters. The van der Waals surface area contributed by atoms with Crippen molar-refractivity contribution in [2.45, 2.75) is 6.42 Å². The topological polar surface area (TPSA) is 34.7 Å². The zero-order valence-electron chi connectivity index (χ0n) is 7.96. The van der Waals surface area contributed by atoms with Crippen LogP contribution in [0.4, 0.5) is 0 Å². The van der Waals surface area contributed by atoms with Crippen molar-refractivity contribution < 1.29 is 5.48 Å². The van der Waals surface area contributed by atoms with E-state index in [1.54, 1.807) is 0 Å². The average Bonchev–Trinajstić information content (AvgIpc) is 2.62. The molecule has 68 valence electrons. The Hall–Kier alpha value is -0.860. The lowest BCUT2D eigenvalue weighted by molar-refractivity contribution is 0.505. The Labute approximate surface area is 74.1 Å². The van der Waals surface area contributed by atoms with Gasteiger partial charge >= 0.3 is 0 Å². The summed E-state index contributed by atoms with van der Waals surface area (Å²) in [4.78, 5) is 2.00. The molecule has 0 fully saturated rings. The molecule has 1 aromatic rings. The summed E-state index contributed by atoms with van der Waals surface area (Å²) in [7, 11) is 6.00. The predicted octanol–water partition coefficient (Wildman–Crippen LogP) is 0.944. The van der Waals surface area contributed by atoms with E-state index in [-0.39, 0.29) is 5.48 Å². The first-order valence-electron chi connectivity index (χ1n) is 3.88. The fraction of sp³-hybridized carbons (Fsp3) is 0.400. The van der Waals surface area contributed by atoms with E-state index in [4.69, 9.17) is 0 Å². The van der Waals surface area contributed by atoms with Gasteiger partial charge in [0.05, 0.1) is 0 Å². The molecule has 0 saturated carbocycles. The first-order chi connectivity index (χ1) is 5.20. The molecule has 0 atom stereocenters. The van der Waals surface area contributed by atoms with E-state index in [9.17, 15) is 0 Å². The van der Waals surface area contributed by atoms with Gasteiger partial charge in [-0.1, -0.05) is 24.3 Å². The van der Waals surface area contributed by atoms with Crippen molar-refractivity contribution in [3.63, 3.8) is 0 Å². The van der Waals surface area contributed by atoms with Crippen LogP contribution in [0.5, 0.6) is 0 Å². The highest BCUT2D eigenvalue weighted by molar-refractivity contribution is 5.44. The van der Waals surface area contributed by atoms with Crippen LogP contribution in [0.3, 0.4) is 0 Å². The molecular weight excluding hydrogens is 150 g/mol. The quantitative estimate of drug-likeness (QED) is 0.575. The molecule has 1 aliphatic rings. The molecular formula is C10H17NO. The summed E-state index contributed by atoms with van der Waals surface area (Å²) in [6, 6.07) is 8.53. The smallest absolute Gasteiger partial charge is 0.00201 e. The minimum Gasteiger partial charge on any atom is -0.412 e. The Morgan fingerprint density at radius 1 is 1.00 bits per heavy atom. The zero-order valence-corrected chi connectivity index (χ0v) is 7.96. The van der Waals surface area contributed by atoms with E-state index >= 15 is 0 Å². The molecule has 0 saturated heterocycles. The standard InChI is InChI=1S/C7H6.C3H9N.H2O/c1-2-4-7-5-6(7)3-1;1-4(2)3;/h1-4H,5H2;1-3H3;1H2. The van der Waals surface area contributed by atoms with Gasteiger partial charge in [-0.05, 0) is 38.7 Å². The molecule has 12 heavy (non-hydrogen) atoms. The summed E-state index contributed by atoms with van der Waals surface area (Å²) in [6.45, 7) is 0. The monoisotopic (exact) mass is 167 g/mol. The minimum atomic E-state index is 0. The summed E-state index contributed by atoms with van der Waals surface area (Å²) < 4.78 is 0. The Morgan fingerprint density at radius 3 is 1.58 bits per heavy atom. The molecule has 0 radical (unpaired) electrons.